The Labute approximate surface area is 323 Å². The molecule has 6 heteroatoms. The van der Waals surface area contributed by atoms with Crippen molar-refractivity contribution in [3.63, 3.8) is 0 Å². The van der Waals surface area contributed by atoms with Crippen LogP contribution >= 0.6 is 0 Å². The van der Waals surface area contributed by atoms with Gasteiger partial charge in [0.2, 0.25) is 0 Å². The van der Waals surface area contributed by atoms with E-state index < -0.39 is 0 Å². The lowest BCUT2D eigenvalue weighted by molar-refractivity contribution is 0.794. The largest absolute Gasteiger partial charge is 0.309 e. The minimum absolute atomic E-state index is 0.436. The number of rotatable bonds is 5. The second-order valence-electron chi connectivity index (χ2n) is 15.3. The maximum atomic E-state index is 5.05. The summed E-state index contributed by atoms with van der Waals surface area (Å²) in [5.41, 5.74) is 6.25. The van der Waals surface area contributed by atoms with Gasteiger partial charge in [-0.25, -0.2) is 19.9 Å². The first-order valence-corrected chi connectivity index (χ1v) is 19.5. The van der Waals surface area contributed by atoms with Gasteiger partial charge >= 0.3 is 0 Å². The second-order valence-corrected chi connectivity index (χ2v) is 15.3. The summed E-state index contributed by atoms with van der Waals surface area (Å²) in [4.78, 5) is 20.1. The summed E-state index contributed by atoms with van der Waals surface area (Å²) in [5.74, 6) is 3.62. The average molecular weight is 723 g/mol. The molecule has 5 aromatic carbocycles. The molecule has 4 aromatic heterocycles. The molecule has 9 aromatic rings. The number of benzene rings is 5. The van der Waals surface area contributed by atoms with Crippen LogP contribution in [-0.2, 0) is 0 Å². The van der Waals surface area contributed by atoms with Crippen LogP contribution in [-0.4, -0.2) is 29.1 Å². The molecule has 6 nitrogen and oxygen atoms in total. The molecule has 11 rings (SSSR count). The molecule has 4 heterocycles. The van der Waals surface area contributed by atoms with E-state index in [4.69, 9.17) is 19.9 Å². The maximum absolute atomic E-state index is 5.05. The monoisotopic (exact) mass is 722 g/mol. The van der Waals surface area contributed by atoms with E-state index in [0.717, 1.165) is 40.9 Å². The Morgan fingerprint density at radius 3 is 1.70 bits per heavy atom. The van der Waals surface area contributed by atoms with E-state index in [1.54, 1.807) is 0 Å². The summed E-state index contributed by atoms with van der Waals surface area (Å²) >= 11 is 0. The Morgan fingerprint density at radius 2 is 1.05 bits per heavy atom. The van der Waals surface area contributed by atoms with Crippen molar-refractivity contribution in [2.75, 3.05) is 0 Å². The normalized spacial score (nSPS) is 16.1. The van der Waals surface area contributed by atoms with E-state index in [0.29, 0.717) is 29.3 Å². The van der Waals surface area contributed by atoms with Gasteiger partial charge in [0.1, 0.15) is 5.82 Å². The molecule has 268 valence electrons. The van der Waals surface area contributed by atoms with Gasteiger partial charge in [0.05, 0.1) is 16.4 Å². The Bertz CT molecular complexity index is 3230. The lowest BCUT2D eigenvalue weighted by Gasteiger charge is -2.12. The predicted octanol–water partition coefficient (Wildman–Crippen LogP) is 8.51. The van der Waals surface area contributed by atoms with Crippen LogP contribution in [0.2, 0.25) is 0 Å². The molecular formula is C50H38N6. The van der Waals surface area contributed by atoms with Crippen LogP contribution in [0.1, 0.15) is 26.7 Å². The quantitative estimate of drug-likeness (QED) is 0.179. The highest BCUT2D eigenvalue weighted by atomic mass is 15.1. The topological polar surface area (TPSA) is 61.4 Å². The van der Waals surface area contributed by atoms with Gasteiger partial charge < -0.3 is 4.57 Å². The Balaban J connectivity index is 1.17. The SMILES string of the molecule is CC1C=c2c(n(-c3ccc4ccccc4c3)c3cc4c(cc23)c2c(n4-c3cc(-c4nc(-c5ccccc5)nc(-c5ccccc5)n4)ccn3)=CCC(C)C=2)=CC1. The smallest absolute Gasteiger partial charge is 0.164 e. The number of fused-ring (bicyclic) bond motifs is 7. The minimum Gasteiger partial charge on any atom is -0.309 e. The van der Waals surface area contributed by atoms with Crippen molar-refractivity contribution in [2.24, 2.45) is 11.8 Å². The van der Waals surface area contributed by atoms with Gasteiger partial charge in [0.15, 0.2) is 17.5 Å². The zero-order valence-electron chi connectivity index (χ0n) is 31.3. The third kappa shape index (κ3) is 5.32. The molecule has 0 N–H and O–H groups in total. The highest BCUT2D eigenvalue weighted by Gasteiger charge is 2.21. The average Bonchev–Trinajstić information content (AvgIpc) is 3.74. The third-order valence-corrected chi connectivity index (χ3v) is 11.4. The molecule has 2 aliphatic carbocycles. The summed E-state index contributed by atoms with van der Waals surface area (Å²) in [7, 11) is 0. The van der Waals surface area contributed by atoms with Crippen molar-refractivity contribution < 1.29 is 0 Å². The van der Waals surface area contributed by atoms with Crippen LogP contribution in [0.4, 0.5) is 0 Å². The number of nitrogens with zero attached hydrogens (tertiary/aromatic N) is 6. The zero-order valence-corrected chi connectivity index (χ0v) is 31.3. The third-order valence-electron chi connectivity index (χ3n) is 11.4. The first kappa shape index (κ1) is 32.5. The molecule has 0 saturated heterocycles. The Morgan fingerprint density at radius 1 is 0.500 bits per heavy atom. The summed E-state index contributed by atoms with van der Waals surface area (Å²) < 4.78 is 4.82. The molecule has 2 atom stereocenters. The van der Waals surface area contributed by atoms with E-state index in [1.807, 2.05) is 72.9 Å². The fourth-order valence-corrected chi connectivity index (χ4v) is 8.67. The van der Waals surface area contributed by atoms with E-state index in [9.17, 15) is 0 Å². The molecule has 0 amide bonds. The Kier molecular flexibility index (Phi) is 7.46. The van der Waals surface area contributed by atoms with Gasteiger partial charge in [-0.3, -0.25) is 4.57 Å². The van der Waals surface area contributed by atoms with E-state index >= 15 is 0 Å². The lowest BCUT2D eigenvalue weighted by Crippen LogP contribution is -2.32. The summed E-state index contributed by atoms with van der Waals surface area (Å²) in [6, 6.07) is 44.7. The predicted molar refractivity (Wildman–Crippen MR) is 229 cm³/mol. The van der Waals surface area contributed by atoms with E-state index in [2.05, 4.69) is 108 Å². The van der Waals surface area contributed by atoms with E-state index in [-0.39, 0.29) is 0 Å². The number of pyridine rings is 1. The van der Waals surface area contributed by atoms with Crippen molar-refractivity contribution in [1.82, 2.24) is 29.1 Å². The minimum atomic E-state index is 0.436. The maximum Gasteiger partial charge on any atom is 0.164 e. The molecule has 0 bridgehead atoms. The fraction of sp³-hybridized carbons (Fsp3) is 0.120. The molecular weight excluding hydrogens is 685 g/mol. The molecule has 0 saturated carbocycles. The van der Waals surface area contributed by atoms with Gasteiger partial charge in [-0.05, 0) is 71.8 Å². The second kappa shape index (κ2) is 12.8. The number of hydrogen-bond donors (Lipinski definition) is 0. The van der Waals surface area contributed by atoms with Crippen molar-refractivity contribution in [1.29, 1.82) is 0 Å². The van der Waals surface area contributed by atoms with Gasteiger partial charge in [0.25, 0.3) is 0 Å². The highest BCUT2D eigenvalue weighted by Crippen LogP contribution is 2.29. The summed E-state index contributed by atoms with van der Waals surface area (Å²) in [6.45, 7) is 4.62. The van der Waals surface area contributed by atoms with Gasteiger partial charge in [-0.15, -0.1) is 0 Å². The van der Waals surface area contributed by atoms with E-state index in [1.165, 1.54) is 53.9 Å². The summed E-state index contributed by atoms with van der Waals surface area (Å²) in [6.07, 6.45) is 13.6. The molecule has 2 unspecified atom stereocenters. The standard InChI is InChI=1S/C50H38N6/c1-31-17-21-43-39(25-31)41-29-42-40-26-32(2)18-22-44(40)56(46(42)30-45(41)55(43)38-20-19-33-11-9-10-16-36(33)27-38)47-28-37(23-24-51-47)50-53-48(34-12-5-3-6-13-34)52-49(54-50)35-14-7-4-8-15-35/h3-16,19-32H,17-18H2,1-2H3. The van der Waals surface area contributed by atoms with Crippen LogP contribution in [0, 0.1) is 11.8 Å². The van der Waals surface area contributed by atoms with Crippen molar-refractivity contribution in [2.45, 2.75) is 26.7 Å². The Hall–Kier alpha value is -6.92. The van der Waals surface area contributed by atoms with Crippen LogP contribution in [0.25, 0.3) is 103 Å². The molecule has 0 spiro atoms. The van der Waals surface area contributed by atoms with Crippen LogP contribution in [0.15, 0.2) is 134 Å². The van der Waals surface area contributed by atoms with Gasteiger partial charge in [0, 0.05) is 55.1 Å². The van der Waals surface area contributed by atoms with Crippen molar-refractivity contribution >= 4 is 56.9 Å². The zero-order chi connectivity index (χ0) is 37.3. The van der Waals surface area contributed by atoms with Crippen LogP contribution in [0.5, 0.6) is 0 Å². The van der Waals surface area contributed by atoms with Crippen molar-refractivity contribution in [3.8, 4) is 45.7 Å². The molecule has 0 aliphatic heterocycles. The lowest BCUT2D eigenvalue weighted by atomic mass is 9.99. The van der Waals surface area contributed by atoms with Crippen LogP contribution in [0.3, 0.4) is 0 Å². The highest BCUT2D eigenvalue weighted by molar-refractivity contribution is 5.99. The molecule has 0 fully saturated rings. The number of hydrogen-bond acceptors (Lipinski definition) is 4. The summed E-state index contributed by atoms with van der Waals surface area (Å²) in [5, 5.41) is 10.0. The van der Waals surface area contributed by atoms with Gasteiger partial charge in [-0.1, -0.05) is 129 Å². The fourth-order valence-electron chi connectivity index (χ4n) is 8.67. The number of aromatic nitrogens is 6. The van der Waals surface area contributed by atoms with Gasteiger partial charge in [-0.2, -0.15) is 0 Å². The first-order valence-electron chi connectivity index (χ1n) is 19.5. The molecule has 2 aliphatic rings. The van der Waals surface area contributed by atoms with Crippen LogP contribution < -0.4 is 21.1 Å². The van der Waals surface area contributed by atoms with Crippen molar-refractivity contribution in [3.05, 3.63) is 155 Å². The molecule has 0 radical (unpaired) electrons. The molecule has 56 heavy (non-hydrogen) atoms. The first-order chi connectivity index (χ1) is 27.6.